The van der Waals surface area contributed by atoms with Gasteiger partial charge in [0.15, 0.2) is 0 Å². The minimum absolute atomic E-state index is 0.0297. The zero-order chi connectivity index (χ0) is 28.4. The molecule has 1 aromatic heterocycles. The molecule has 0 saturated carbocycles. The van der Waals surface area contributed by atoms with E-state index < -0.39 is 17.9 Å². The number of amides is 1. The fourth-order valence-electron chi connectivity index (χ4n) is 4.33. The molecule has 0 aliphatic carbocycles. The number of carboxylic acids is 1. The van der Waals surface area contributed by atoms with Gasteiger partial charge in [-0.25, -0.2) is 4.79 Å². The van der Waals surface area contributed by atoms with Crippen molar-refractivity contribution in [1.82, 2.24) is 14.7 Å². The summed E-state index contributed by atoms with van der Waals surface area (Å²) in [6.45, 7) is 3.76. The van der Waals surface area contributed by atoms with Crippen LogP contribution in [0.5, 0.6) is 17.4 Å². The second-order valence-electron chi connectivity index (χ2n) is 9.20. The molecule has 40 heavy (non-hydrogen) atoms. The maximum absolute atomic E-state index is 13.6. The van der Waals surface area contributed by atoms with Crippen LogP contribution in [0.2, 0.25) is 0 Å². The van der Waals surface area contributed by atoms with Crippen molar-refractivity contribution in [3.05, 3.63) is 106 Å². The minimum atomic E-state index is -1.21. The summed E-state index contributed by atoms with van der Waals surface area (Å²) < 4.78 is 8.22. The van der Waals surface area contributed by atoms with Crippen LogP contribution in [0.1, 0.15) is 22.4 Å². The van der Waals surface area contributed by atoms with E-state index in [0.717, 1.165) is 27.9 Å². The molecule has 0 radical (unpaired) electrons. The molecule has 0 bridgehead atoms. The average molecular weight is 572 g/mol. The van der Waals surface area contributed by atoms with Gasteiger partial charge >= 0.3 is 5.97 Å². The summed E-state index contributed by atoms with van der Waals surface area (Å²) in [5, 5.41) is 24.3. The molecule has 4 aromatic rings. The van der Waals surface area contributed by atoms with Crippen LogP contribution >= 0.6 is 24.0 Å². The van der Waals surface area contributed by atoms with Gasteiger partial charge in [-0.2, -0.15) is 9.78 Å². The Morgan fingerprint density at radius 3 is 2.40 bits per heavy atom. The van der Waals surface area contributed by atoms with Crippen LogP contribution in [0.4, 0.5) is 0 Å². The maximum Gasteiger partial charge on any atom is 0.327 e. The van der Waals surface area contributed by atoms with E-state index in [0.29, 0.717) is 28.5 Å². The third-order valence-electron chi connectivity index (χ3n) is 6.42. The van der Waals surface area contributed by atoms with Crippen LogP contribution in [0.25, 0.3) is 11.8 Å². The molecule has 2 heterocycles. The van der Waals surface area contributed by atoms with Crippen molar-refractivity contribution < 1.29 is 24.5 Å². The molecule has 1 aliphatic heterocycles. The van der Waals surface area contributed by atoms with Crippen molar-refractivity contribution >= 4 is 46.3 Å². The number of aliphatic carboxylic acids is 1. The molecular weight excluding hydrogens is 546 g/mol. The summed E-state index contributed by atoms with van der Waals surface area (Å²) >= 11 is 6.52. The number of hydrogen-bond acceptors (Lipinski definition) is 7. The van der Waals surface area contributed by atoms with E-state index >= 15 is 0 Å². The van der Waals surface area contributed by atoms with Gasteiger partial charge in [-0.3, -0.25) is 9.69 Å². The van der Waals surface area contributed by atoms with Crippen LogP contribution in [0.15, 0.2) is 83.8 Å². The van der Waals surface area contributed by atoms with E-state index in [4.69, 9.17) is 22.1 Å². The number of nitrogens with zero attached hydrogens (tertiary/aromatic N) is 3. The van der Waals surface area contributed by atoms with Gasteiger partial charge in [-0.05, 0) is 61.4 Å². The molecule has 1 amide bonds. The summed E-state index contributed by atoms with van der Waals surface area (Å²) in [7, 11) is 0. The van der Waals surface area contributed by atoms with Gasteiger partial charge in [0.2, 0.25) is 5.88 Å². The number of aromatic hydroxyl groups is 1. The number of rotatable bonds is 8. The fraction of sp³-hybridized carbons (Fsp3) is 0.133. The second kappa shape index (κ2) is 11.4. The predicted octanol–water partition coefficient (Wildman–Crippen LogP) is 5.88. The van der Waals surface area contributed by atoms with Crippen molar-refractivity contribution in [2.24, 2.45) is 0 Å². The number of thioether (sulfide) groups is 1. The lowest BCUT2D eigenvalue weighted by molar-refractivity contribution is -0.145. The lowest BCUT2D eigenvalue weighted by atomic mass is 10.0. The zero-order valence-electron chi connectivity index (χ0n) is 21.6. The summed E-state index contributed by atoms with van der Waals surface area (Å²) in [6.07, 6.45) is 1.69. The Balaban J connectivity index is 1.54. The molecule has 0 spiro atoms. The van der Waals surface area contributed by atoms with Crippen LogP contribution in [0, 0.1) is 13.8 Å². The molecule has 1 saturated heterocycles. The highest BCUT2D eigenvalue weighted by Gasteiger charge is 2.41. The Morgan fingerprint density at radius 2 is 1.73 bits per heavy atom. The van der Waals surface area contributed by atoms with E-state index in [2.05, 4.69) is 0 Å². The van der Waals surface area contributed by atoms with Crippen molar-refractivity contribution in [3.8, 4) is 23.1 Å². The number of thiocarbonyl (C=S) groups is 1. The Labute approximate surface area is 240 Å². The van der Waals surface area contributed by atoms with E-state index in [1.165, 1.54) is 12.1 Å². The van der Waals surface area contributed by atoms with E-state index in [1.54, 1.807) is 22.9 Å². The number of carboxylic acid groups (broad SMARTS) is 1. The van der Waals surface area contributed by atoms with Gasteiger partial charge < -0.3 is 14.9 Å². The van der Waals surface area contributed by atoms with Gasteiger partial charge in [0.1, 0.15) is 21.9 Å². The largest absolute Gasteiger partial charge is 0.508 e. The number of phenols is 1. The van der Waals surface area contributed by atoms with E-state index in [9.17, 15) is 19.8 Å². The van der Waals surface area contributed by atoms with E-state index in [-0.39, 0.29) is 21.4 Å². The summed E-state index contributed by atoms with van der Waals surface area (Å²) in [6, 6.07) is 22.1. The van der Waals surface area contributed by atoms with Crippen LogP contribution in [-0.2, 0) is 16.0 Å². The van der Waals surface area contributed by atoms with Crippen LogP contribution < -0.4 is 4.74 Å². The molecule has 5 rings (SSSR count). The van der Waals surface area contributed by atoms with Gasteiger partial charge in [-0.15, -0.1) is 0 Å². The zero-order valence-corrected chi connectivity index (χ0v) is 23.3. The normalized spacial score (nSPS) is 15.1. The summed E-state index contributed by atoms with van der Waals surface area (Å²) in [5.74, 6) is -0.555. The van der Waals surface area contributed by atoms with Gasteiger partial charge in [-0.1, -0.05) is 72.5 Å². The molecule has 3 aromatic carbocycles. The second-order valence-corrected chi connectivity index (χ2v) is 10.9. The molecule has 10 heteroatoms. The first-order valence-electron chi connectivity index (χ1n) is 12.4. The van der Waals surface area contributed by atoms with Crippen LogP contribution in [0.3, 0.4) is 0 Å². The number of aryl methyl sites for hydroxylation is 2. The monoisotopic (exact) mass is 571 g/mol. The number of ether oxygens (including phenoxy) is 1. The smallest absolute Gasteiger partial charge is 0.327 e. The lowest BCUT2D eigenvalue weighted by Gasteiger charge is -2.23. The number of carbonyl (C=O) groups is 2. The lowest BCUT2D eigenvalue weighted by Crippen LogP contribution is -2.45. The van der Waals surface area contributed by atoms with Crippen molar-refractivity contribution in [3.63, 3.8) is 0 Å². The topological polar surface area (TPSA) is 105 Å². The molecule has 2 N–H and O–H groups in total. The number of phenolic OH excluding ortho intramolecular Hbond substituents is 1. The highest BCUT2D eigenvalue weighted by Crippen LogP contribution is 2.39. The number of benzene rings is 3. The Morgan fingerprint density at radius 1 is 1.05 bits per heavy atom. The van der Waals surface area contributed by atoms with Gasteiger partial charge in [0.05, 0.1) is 21.8 Å². The molecule has 1 fully saturated rings. The fourth-order valence-corrected chi connectivity index (χ4v) is 5.66. The SMILES string of the molecule is Cc1ccccc1Oc1c(/C=C2\SC(=S)N([C@@H](Cc3ccc(O)cc3)C(=O)O)C2=O)c(C)nn1-c1ccccc1. The van der Waals surface area contributed by atoms with Crippen molar-refractivity contribution in [2.45, 2.75) is 26.3 Å². The van der Waals surface area contributed by atoms with Crippen molar-refractivity contribution in [1.29, 1.82) is 0 Å². The first kappa shape index (κ1) is 27.2. The molecule has 8 nitrogen and oxygen atoms in total. The Hall–Kier alpha value is -4.41. The van der Waals surface area contributed by atoms with Gasteiger partial charge in [0, 0.05) is 6.42 Å². The van der Waals surface area contributed by atoms with E-state index in [1.807, 2.05) is 68.4 Å². The summed E-state index contributed by atoms with van der Waals surface area (Å²) in [4.78, 5) is 27.3. The summed E-state index contributed by atoms with van der Waals surface area (Å²) in [5.41, 5.74) is 3.56. The Kier molecular flexibility index (Phi) is 7.72. The third kappa shape index (κ3) is 5.49. The molecule has 202 valence electrons. The number of hydrogen-bond donors (Lipinski definition) is 2. The highest BCUT2D eigenvalue weighted by molar-refractivity contribution is 8.26. The minimum Gasteiger partial charge on any atom is -0.508 e. The molecule has 0 unspecified atom stereocenters. The van der Waals surface area contributed by atoms with Crippen LogP contribution in [-0.4, -0.2) is 47.1 Å². The quantitative estimate of drug-likeness (QED) is 0.199. The van der Waals surface area contributed by atoms with Crippen molar-refractivity contribution in [2.75, 3.05) is 0 Å². The number of para-hydroxylation sites is 2. The predicted molar refractivity (Wildman–Crippen MR) is 158 cm³/mol. The molecular formula is C30H25N3O5S2. The van der Waals surface area contributed by atoms with Gasteiger partial charge in [0.25, 0.3) is 5.91 Å². The molecule has 1 aliphatic rings. The molecule has 1 atom stereocenters. The maximum atomic E-state index is 13.6. The first-order chi connectivity index (χ1) is 19.2. The number of carbonyl (C=O) groups excluding carboxylic acids is 1. The third-order valence-corrected chi connectivity index (χ3v) is 7.76. The number of aromatic nitrogens is 2. The highest BCUT2D eigenvalue weighted by atomic mass is 32.2. The average Bonchev–Trinajstić information content (AvgIpc) is 3.40. The first-order valence-corrected chi connectivity index (χ1v) is 13.6. The standard InChI is InChI=1S/C30H25N3O5S2/c1-18-8-6-7-11-25(18)38-28-23(19(2)31-33(28)21-9-4-3-5-10-21)17-26-27(35)32(30(39)40-26)24(29(36)37)16-20-12-14-22(34)15-13-20/h3-15,17,24,34H,16H2,1-2H3,(H,36,37)/b26-17-/t24-/m0/s1. The Bertz CT molecular complexity index is 1630.